The molecule has 0 saturated heterocycles. The molecule has 0 fully saturated rings. The quantitative estimate of drug-likeness (QED) is 0.279. The fourth-order valence-electron chi connectivity index (χ4n) is 4.04. The van der Waals surface area contributed by atoms with Gasteiger partial charge >= 0.3 is 0 Å². The molecule has 0 saturated carbocycles. The number of rotatable bonds is 13. The topological polar surface area (TPSA) is 96.0 Å². The first kappa shape index (κ1) is 31.0. The summed E-state index contributed by atoms with van der Waals surface area (Å²) in [6, 6.07) is 19.0. The van der Waals surface area contributed by atoms with E-state index in [1.165, 1.54) is 24.1 Å². The van der Waals surface area contributed by atoms with Crippen molar-refractivity contribution in [3.63, 3.8) is 0 Å². The molecule has 3 rings (SSSR count). The third kappa shape index (κ3) is 7.76. The average Bonchev–Trinajstić information content (AvgIpc) is 2.95. The van der Waals surface area contributed by atoms with Crippen LogP contribution < -0.4 is 14.4 Å². The number of ether oxygens (including phenoxy) is 1. The second-order valence-corrected chi connectivity index (χ2v) is 11.7. The molecule has 0 radical (unpaired) electrons. The van der Waals surface area contributed by atoms with Crippen LogP contribution in [0.3, 0.4) is 0 Å². The zero-order valence-corrected chi connectivity index (χ0v) is 24.8. The molecule has 0 aliphatic rings. The lowest BCUT2D eigenvalue weighted by atomic mass is 10.1. The number of aryl methyl sites for hydroxylation is 1. The highest BCUT2D eigenvalue weighted by Crippen LogP contribution is 2.27. The van der Waals surface area contributed by atoms with Gasteiger partial charge in [0.05, 0.1) is 17.7 Å². The molecule has 1 atom stereocenters. The summed E-state index contributed by atoms with van der Waals surface area (Å²) in [7, 11) is -2.63. The molecule has 3 aromatic carbocycles. The molecular weight excluding hydrogens is 550 g/mol. The number of nitrogens with zero attached hydrogens (tertiary/aromatic N) is 2. The number of hydrogen-bond acceptors (Lipinski definition) is 5. The van der Waals surface area contributed by atoms with E-state index in [9.17, 15) is 18.0 Å². The van der Waals surface area contributed by atoms with E-state index in [0.717, 1.165) is 22.7 Å². The van der Waals surface area contributed by atoms with Gasteiger partial charge in [0.2, 0.25) is 11.8 Å². The highest BCUT2D eigenvalue weighted by molar-refractivity contribution is 7.92. The predicted octanol–water partition coefficient (Wildman–Crippen LogP) is 5.19. The number of hydrogen-bond donors (Lipinski definition) is 1. The van der Waals surface area contributed by atoms with E-state index in [0.29, 0.717) is 22.9 Å². The minimum absolute atomic E-state index is 0.0297. The number of carbonyl (C=O) groups excluding carboxylic acids is 2. The maximum atomic E-state index is 13.9. The van der Waals surface area contributed by atoms with E-state index in [2.05, 4.69) is 5.32 Å². The molecule has 0 aliphatic carbocycles. The van der Waals surface area contributed by atoms with E-state index in [1.54, 1.807) is 67.6 Å². The molecule has 0 aliphatic heterocycles. The molecule has 3 aromatic rings. The summed E-state index contributed by atoms with van der Waals surface area (Å²) >= 11 is 6.40. The zero-order valence-electron chi connectivity index (χ0n) is 23.3. The number of amides is 2. The van der Waals surface area contributed by atoms with Crippen LogP contribution in [0.5, 0.6) is 5.75 Å². The van der Waals surface area contributed by atoms with Crippen molar-refractivity contribution in [2.24, 2.45) is 0 Å². The maximum Gasteiger partial charge on any atom is 0.264 e. The van der Waals surface area contributed by atoms with Crippen LogP contribution in [0.15, 0.2) is 77.7 Å². The fraction of sp³-hybridized carbons (Fsp3) is 0.333. The first-order valence-corrected chi connectivity index (χ1v) is 14.9. The van der Waals surface area contributed by atoms with E-state index >= 15 is 0 Å². The Bertz CT molecular complexity index is 1400. The Morgan fingerprint density at radius 1 is 1.00 bits per heavy atom. The van der Waals surface area contributed by atoms with Crippen LogP contribution in [-0.4, -0.2) is 51.4 Å². The van der Waals surface area contributed by atoms with Gasteiger partial charge in [0.25, 0.3) is 10.0 Å². The van der Waals surface area contributed by atoms with Gasteiger partial charge < -0.3 is 15.0 Å². The standard InChI is InChI=1S/C30H36ClN3O5S/c1-5-6-19-32-30(36)23(3)33(20-24-9-7-8-10-28(24)31)29(35)21-34(25-13-15-26(39-4)16-14-25)40(37,38)27-17-11-22(2)12-18-27/h7-18,23H,5-6,19-21H2,1-4H3,(H,32,36)/t23-/m1/s1. The summed E-state index contributed by atoms with van der Waals surface area (Å²) in [5, 5.41) is 3.31. The van der Waals surface area contributed by atoms with Crippen LogP contribution in [-0.2, 0) is 26.2 Å². The summed E-state index contributed by atoms with van der Waals surface area (Å²) in [4.78, 5) is 28.4. The Hall–Kier alpha value is -3.56. The van der Waals surface area contributed by atoms with Gasteiger partial charge in [0.1, 0.15) is 18.3 Å². The number of methoxy groups -OCH3 is 1. The molecule has 0 heterocycles. The summed E-state index contributed by atoms with van der Waals surface area (Å²) in [6.07, 6.45) is 1.71. The van der Waals surface area contributed by atoms with Gasteiger partial charge in [-0.2, -0.15) is 0 Å². The van der Waals surface area contributed by atoms with Gasteiger partial charge in [0, 0.05) is 18.1 Å². The lowest BCUT2D eigenvalue weighted by Crippen LogP contribution is -2.51. The number of unbranched alkanes of at least 4 members (excludes halogenated alkanes) is 1. The molecule has 214 valence electrons. The maximum absolute atomic E-state index is 13.9. The first-order valence-electron chi connectivity index (χ1n) is 13.1. The van der Waals surface area contributed by atoms with Crippen LogP contribution in [0, 0.1) is 6.92 Å². The molecule has 10 heteroatoms. The Labute approximate surface area is 241 Å². The van der Waals surface area contributed by atoms with Crippen molar-refractivity contribution < 1.29 is 22.7 Å². The second kappa shape index (κ2) is 14.2. The van der Waals surface area contributed by atoms with Crippen LogP contribution in [0.1, 0.15) is 37.8 Å². The SMILES string of the molecule is CCCCNC(=O)[C@@H](C)N(Cc1ccccc1Cl)C(=O)CN(c1ccc(OC)cc1)S(=O)(=O)c1ccc(C)cc1. The van der Waals surface area contributed by atoms with Crippen molar-refractivity contribution in [3.05, 3.63) is 88.9 Å². The van der Waals surface area contributed by atoms with Crippen molar-refractivity contribution in [1.82, 2.24) is 10.2 Å². The van der Waals surface area contributed by atoms with Crippen molar-refractivity contribution in [1.29, 1.82) is 0 Å². The average molecular weight is 586 g/mol. The Morgan fingerprint density at radius 3 is 2.25 bits per heavy atom. The van der Waals surface area contributed by atoms with E-state index < -0.39 is 28.5 Å². The van der Waals surface area contributed by atoms with Crippen molar-refractivity contribution in [2.45, 2.75) is 51.1 Å². The zero-order chi connectivity index (χ0) is 29.3. The molecular formula is C30H36ClN3O5S. The highest BCUT2D eigenvalue weighted by atomic mass is 35.5. The van der Waals surface area contributed by atoms with E-state index in [1.807, 2.05) is 13.8 Å². The minimum atomic E-state index is -4.15. The van der Waals surface area contributed by atoms with Crippen molar-refractivity contribution in [2.75, 3.05) is 24.5 Å². The number of halogens is 1. The molecule has 2 amide bonds. The molecule has 8 nitrogen and oxygen atoms in total. The monoisotopic (exact) mass is 585 g/mol. The summed E-state index contributed by atoms with van der Waals surface area (Å²) in [5.74, 6) is -0.337. The largest absolute Gasteiger partial charge is 0.497 e. The van der Waals surface area contributed by atoms with Gasteiger partial charge in [-0.05, 0) is 68.3 Å². The third-order valence-corrected chi connectivity index (χ3v) is 8.70. The van der Waals surface area contributed by atoms with Crippen LogP contribution in [0.2, 0.25) is 5.02 Å². The van der Waals surface area contributed by atoms with E-state index in [4.69, 9.17) is 16.3 Å². The highest BCUT2D eigenvalue weighted by Gasteiger charge is 2.32. The predicted molar refractivity (Wildman–Crippen MR) is 158 cm³/mol. The Balaban J connectivity index is 2.01. The number of carbonyl (C=O) groups is 2. The Morgan fingerprint density at radius 2 is 1.65 bits per heavy atom. The number of nitrogens with one attached hydrogen (secondary N) is 1. The van der Waals surface area contributed by atoms with Gasteiger partial charge in [-0.3, -0.25) is 13.9 Å². The smallest absolute Gasteiger partial charge is 0.264 e. The van der Waals surface area contributed by atoms with Gasteiger partial charge in [-0.1, -0.05) is 60.8 Å². The number of benzene rings is 3. The van der Waals surface area contributed by atoms with Gasteiger partial charge in [-0.25, -0.2) is 8.42 Å². The first-order chi connectivity index (χ1) is 19.1. The van der Waals surface area contributed by atoms with E-state index in [-0.39, 0.29) is 23.0 Å². The number of anilines is 1. The molecule has 1 N–H and O–H groups in total. The normalized spacial score (nSPS) is 11.9. The second-order valence-electron chi connectivity index (χ2n) is 9.46. The molecule has 0 spiro atoms. The molecule has 40 heavy (non-hydrogen) atoms. The minimum Gasteiger partial charge on any atom is -0.497 e. The summed E-state index contributed by atoms with van der Waals surface area (Å²) in [6.45, 7) is 5.49. The molecule has 0 bridgehead atoms. The molecule has 0 unspecified atom stereocenters. The molecule has 0 aromatic heterocycles. The third-order valence-electron chi connectivity index (χ3n) is 6.54. The van der Waals surface area contributed by atoms with Crippen LogP contribution in [0.25, 0.3) is 0 Å². The summed E-state index contributed by atoms with van der Waals surface area (Å²) < 4.78 is 34.0. The van der Waals surface area contributed by atoms with Crippen molar-refractivity contribution in [3.8, 4) is 5.75 Å². The number of sulfonamides is 1. The van der Waals surface area contributed by atoms with Crippen LogP contribution in [0.4, 0.5) is 5.69 Å². The van der Waals surface area contributed by atoms with Gasteiger partial charge in [0.15, 0.2) is 0 Å². The lowest BCUT2D eigenvalue weighted by molar-refractivity contribution is -0.139. The summed E-state index contributed by atoms with van der Waals surface area (Å²) in [5.41, 5.74) is 1.83. The van der Waals surface area contributed by atoms with Crippen molar-refractivity contribution >= 4 is 39.1 Å². The van der Waals surface area contributed by atoms with Gasteiger partial charge in [-0.15, -0.1) is 0 Å². The Kier molecular flexibility index (Phi) is 11.0. The van der Waals surface area contributed by atoms with Crippen LogP contribution >= 0.6 is 11.6 Å². The lowest BCUT2D eigenvalue weighted by Gasteiger charge is -2.32. The fourth-order valence-corrected chi connectivity index (χ4v) is 5.65.